The predicted molar refractivity (Wildman–Crippen MR) is 98.8 cm³/mol. The van der Waals surface area contributed by atoms with Crippen molar-refractivity contribution in [2.45, 2.75) is 45.9 Å². The van der Waals surface area contributed by atoms with Crippen molar-refractivity contribution in [3.05, 3.63) is 46.8 Å². The molecular weight excluding hydrogens is 316 g/mol. The smallest absolute Gasteiger partial charge is 0.134 e. The third-order valence-electron chi connectivity index (χ3n) is 4.54. The van der Waals surface area contributed by atoms with Crippen LogP contribution in [-0.2, 0) is 13.0 Å². The Morgan fingerprint density at radius 2 is 2.00 bits per heavy atom. The molecule has 2 aromatic rings. The first-order valence-electron chi connectivity index (χ1n) is 8.74. The van der Waals surface area contributed by atoms with Crippen LogP contribution < -0.4 is 10.2 Å². The van der Waals surface area contributed by atoms with E-state index in [1.165, 1.54) is 11.1 Å². The number of rotatable bonds is 5. The Kier molecular flexibility index (Phi) is 5.20. The molecule has 6 nitrogen and oxygen atoms in total. The lowest BCUT2D eigenvalue weighted by atomic mass is 9.96. The van der Waals surface area contributed by atoms with Crippen molar-refractivity contribution in [1.29, 1.82) is 0 Å². The third kappa shape index (κ3) is 4.08. The van der Waals surface area contributed by atoms with Gasteiger partial charge in [-0.05, 0) is 43.9 Å². The summed E-state index contributed by atoms with van der Waals surface area (Å²) >= 11 is 0. The minimum atomic E-state index is -0.435. The first kappa shape index (κ1) is 17.6. The zero-order valence-electron chi connectivity index (χ0n) is 15.0. The normalized spacial score (nSPS) is 16.3. The van der Waals surface area contributed by atoms with Crippen molar-refractivity contribution in [3.63, 3.8) is 0 Å². The molecule has 1 aromatic heterocycles. The second-order valence-electron chi connectivity index (χ2n) is 6.76. The van der Waals surface area contributed by atoms with Gasteiger partial charge in [0.2, 0.25) is 0 Å². The summed E-state index contributed by atoms with van der Waals surface area (Å²) in [6, 6.07) is 8.09. The number of nitrogens with one attached hydrogen (secondary N) is 1. The summed E-state index contributed by atoms with van der Waals surface area (Å²) in [5, 5.41) is 22.2. The molecule has 25 heavy (non-hydrogen) atoms. The van der Waals surface area contributed by atoms with E-state index < -0.39 is 6.10 Å². The van der Waals surface area contributed by atoms with Gasteiger partial charge in [-0.25, -0.2) is 9.97 Å². The van der Waals surface area contributed by atoms with E-state index in [1.54, 1.807) is 6.92 Å². The first-order valence-corrected chi connectivity index (χ1v) is 8.74. The fraction of sp³-hybridized carbons (Fsp3) is 0.474. The summed E-state index contributed by atoms with van der Waals surface area (Å²) in [7, 11) is 0. The number of aliphatic hydroxyl groups excluding tert-OH is 2. The van der Waals surface area contributed by atoms with Crippen LogP contribution in [0.3, 0.4) is 0 Å². The highest BCUT2D eigenvalue weighted by molar-refractivity contribution is 5.52. The molecule has 0 spiro atoms. The van der Waals surface area contributed by atoms with Crippen molar-refractivity contribution in [2.24, 2.45) is 0 Å². The van der Waals surface area contributed by atoms with Crippen LogP contribution in [0.4, 0.5) is 11.6 Å². The SMILES string of the molecule is Cc1nc(N[C@@H](C)CO)cc(N2CCc3cc([C@H](C)O)ccc3C2)n1. The predicted octanol–water partition coefficient (Wildman–Crippen LogP) is 2.19. The van der Waals surface area contributed by atoms with Crippen LogP contribution in [0.2, 0.25) is 0 Å². The number of fused-ring (bicyclic) bond motifs is 1. The lowest BCUT2D eigenvalue weighted by Gasteiger charge is -2.30. The Balaban J connectivity index is 1.81. The molecule has 1 aliphatic heterocycles. The maximum absolute atomic E-state index is 9.76. The Morgan fingerprint density at radius 3 is 2.72 bits per heavy atom. The highest BCUT2D eigenvalue weighted by Crippen LogP contribution is 2.27. The van der Waals surface area contributed by atoms with E-state index in [2.05, 4.69) is 32.3 Å². The first-order chi connectivity index (χ1) is 12.0. The number of nitrogens with zero attached hydrogens (tertiary/aromatic N) is 3. The van der Waals surface area contributed by atoms with E-state index in [-0.39, 0.29) is 12.6 Å². The van der Waals surface area contributed by atoms with Gasteiger partial charge in [-0.15, -0.1) is 0 Å². The molecule has 3 rings (SSSR count). The van der Waals surface area contributed by atoms with Gasteiger partial charge >= 0.3 is 0 Å². The molecule has 1 aromatic carbocycles. The van der Waals surface area contributed by atoms with Gasteiger partial charge in [0, 0.05) is 25.2 Å². The average molecular weight is 342 g/mol. The van der Waals surface area contributed by atoms with Gasteiger partial charge in [0.25, 0.3) is 0 Å². The monoisotopic (exact) mass is 342 g/mol. The molecule has 0 radical (unpaired) electrons. The summed E-state index contributed by atoms with van der Waals surface area (Å²) < 4.78 is 0. The van der Waals surface area contributed by atoms with Crippen LogP contribution in [0.1, 0.15) is 42.5 Å². The summed E-state index contributed by atoms with van der Waals surface area (Å²) in [4.78, 5) is 11.2. The van der Waals surface area contributed by atoms with E-state index in [9.17, 15) is 10.2 Å². The molecule has 2 atom stereocenters. The van der Waals surface area contributed by atoms with Crippen LogP contribution in [0.25, 0.3) is 0 Å². The number of benzene rings is 1. The number of hydrogen-bond donors (Lipinski definition) is 3. The van der Waals surface area contributed by atoms with Crippen LogP contribution in [0.5, 0.6) is 0 Å². The lowest BCUT2D eigenvalue weighted by molar-refractivity contribution is 0.199. The maximum atomic E-state index is 9.76. The molecule has 0 amide bonds. The van der Waals surface area contributed by atoms with Crippen molar-refractivity contribution in [2.75, 3.05) is 23.4 Å². The van der Waals surface area contributed by atoms with Gasteiger partial charge in [0.05, 0.1) is 12.7 Å². The third-order valence-corrected chi connectivity index (χ3v) is 4.54. The molecule has 0 aliphatic carbocycles. The van der Waals surface area contributed by atoms with Gasteiger partial charge in [-0.3, -0.25) is 0 Å². The summed E-state index contributed by atoms with van der Waals surface area (Å²) in [5.74, 6) is 2.34. The lowest BCUT2D eigenvalue weighted by Crippen LogP contribution is -2.31. The minimum Gasteiger partial charge on any atom is -0.394 e. The molecule has 6 heteroatoms. The van der Waals surface area contributed by atoms with Gasteiger partial charge in [0.15, 0.2) is 0 Å². The van der Waals surface area contributed by atoms with Crippen LogP contribution in [0.15, 0.2) is 24.3 Å². The van der Waals surface area contributed by atoms with Gasteiger partial charge in [-0.1, -0.05) is 18.2 Å². The zero-order valence-corrected chi connectivity index (χ0v) is 15.0. The fourth-order valence-corrected chi connectivity index (χ4v) is 3.11. The highest BCUT2D eigenvalue weighted by Gasteiger charge is 2.19. The zero-order chi connectivity index (χ0) is 18.0. The van der Waals surface area contributed by atoms with Crippen LogP contribution in [0, 0.1) is 6.92 Å². The molecule has 0 fully saturated rings. The Morgan fingerprint density at radius 1 is 1.20 bits per heavy atom. The van der Waals surface area contributed by atoms with Crippen molar-refractivity contribution in [1.82, 2.24) is 9.97 Å². The number of anilines is 2. The minimum absolute atomic E-state index is 0.0527. The summed E-state index contributed by atoms with van der Waals surface area (Å²) in [5.41, 5.74) is 3.53. The number of hydrogen-bond acceptors (Lipinski definition) is 6. The molecule has 0 saturated heterocycles. The van der Waals surface area contributed by atoms with Crippen molar-refractivity contribution < 1.29 is 10.2 Å². The van der Waals surface area contributed by atoms with E-state index in [0.29, 0.717) is 5.82 Å². The molecule has 3 N–H and O–H groups in total. The number of aromatic nitrogens is 2. The molecule has 0 unspecified atom stereocenters. The second kappa shape index (κ2) is 7.37. The van der Waals surface area contributed by atoms with Gasteiger partial charge < -0.3 is 20.4 Å². The van der Waals surface area contributed by atoms with E-state index >= 15 is 0 Å². The average Bonchev–Trinajstić information content (AvgIpc) is 2.60. The Hall–Kier alpha value is -2.18. The topological polar surface area (TPSA) is 81.5 Å². The van der Waals surface area contributed by atoms with Crippen molar-refractivity contribution in [3.8, 4) is 0 Å². The van der Waals surface area contributed by atoms with E-state index in [4.69, 9.17) is 0 Å². The number of aliphatic hydroxyl groups is 2. The molecule has 0 saturated carbocycles. The Bertz CT molecular complexity index is 748. The molecule has 134 valence electrons. The van der Waals surface area contributed by atoms with Gasteiger partial charge in [0.1, 0.15) is 17.5 Å². The van der Waals surface area contributed by atoms with Crippen LogP contribution >= 0.6 is 0 Å². The van der Waals surface area contributed by atoms with E-state index in [1.807, 2.05) is 26.0 Å². The maximum Gasteiger partial charge on any atom is 0.134 e. The van der Waals surface area contributed by atoms with E-state index in [0.717, 1.165) is 36.7 Å². The van der Waals surface area contributed by atoms with Gasteiger partial charge in [-0.2, -0.15) is 0 Å². The second-order valence-corrected chi connectivity index (χ2v) is 6.76. The molecule has 1 aliphatic rings. The van der Waals surface area contributed by atoms with Crippen molar-refractivity contribution >= 4 is 11.6 Å². The quantitative estimate of drug-likeness (QED) is 0.773. The molecule has 2 heterocycles. The van der Waals surface area contributed by atoms with Crippen LogP contribution in [-0.4, -0.2) is 39.4 Å². The Labute approximate surface area is 148 Å². The standard InChI is InChI=1S/C19H26N4O2/c1-12(11-24)20-18-9-19(22-14(3)21-18)23-7-6-16-8-15(13(2)25)4-5-17(16)10-23/h4-5,8-9,12-13,24-25H,6-7,10-11H2,1-3H3,(H,20,21,22)/t12-,13-/m0/s1. The fourth-order valence-electron chi connectivity index (χ4n) is 3.11. The summed E-state index contributed by atoms with van der Waals surface area (Å²) in [6.45, 7) is 7.31. The molecular formula is C19H26N4O2. The highest BCUT2D eigenvalue weighted by atomic mass is 16.3. The number of aryl methyl sites for hydroxylation is 1. The largest absolute Gasteiger partial charge is 0.394 e. The molecule has 0 bridgehead atoms. The summed E-state index contributed by atoms with van der Waals surface area (Å²) in [6.07, 6.45) is 0.490.